The number of alkyl halides is 3. The number of fused-ring (bicyclic) bond motifs is 1. The Hall–Kier alpha value is -2.45. The SMILES string of the molecule is CC(C)(CC(F)(F)F)c1c(C#N)c(F)c2cnc(N[C@@H]3CCOC[C@H]3O)nn12. The Morgan fingerprint density at radius 3 is 2.75 bits per heavy atom. The van der Waals surface area contributed by atoms with Gasteiger partial charge in [0, 0.05) is 12.0 Å². The number of anilines is 1. The number of nitrogens with zero attached hydrogens (tertiary/aromatic N) is 4. The average molecular weight is 401 g/mol. The molecular weight excluding hydrogens is 382 g/mol. The summed E-state index contributed by atoms with van der Waals surface area (Å²) in [7, 11) is 0. The summed E-state index contributed by atoms with van der Waals surface area (Å²) in [4.78, 5) is 3.98. The van der Waals surface area contributed by atoms with E-state index in [1.807, 2.05) is 0 Å². The maximum absolute atomic E-state index is 14.6. The molecule has 0 aromatic carbocycles. The summed E-state index contributed by atoms with van der Waals surface area (Å²) in [6, 6.07) is 1.22. The number of hydrogen-bond donors (Lipinski definition) is 2. The van der Waals surface area contributed by atoms with Crippen LogP contribution in [0.3, 0.4) is 0 Å². The first kappa shape index (κ1) is 20.3. The lowest BCUT2D eigenvalue weighted by molar-refractivity contribution is -0.146. The fourth-order valence-corrected chi connectivity index (χ4v) is 3.44. The fourth-order valence-electron chi connectivity index (χ4n) is 3.44. The molecule has 1 aliphatic rings. The molecule has 28 heavy (non-hydrogen) atoms. The minimum Gasteiger partial charge on any atom is -0.389 e. The number of aliphatic hydroxyl groups excluding tert-OH is 1. The first-order valence-electron chi connectivity index (χ1n) is 8.60. The van der Waals surface area contributed by atoms with Gasteiger partial charge in [-0.15, -0.1) is 5.10 Å². The van der Waals surface area contributed by atoms with E-state index in [2.05, 4.69) is 15.4 Å². The third-order valence-corrected chi connectivity index (χ3v) is 4.66. The summed E-state index contributed by atoms with van der Waals surface area (Å²) < 4.78 is 59.9. The van der Waals surface area contributed by atoms with Crippen LogP contribution in [-0.2, 0) is 10.2 Å². The summed E-state index contributed by atoms with van der Waals surface area (Å²) in [5, 5.41) is 26.3. The van der Waals surface area contributed by atoms with Gasteiger partial charge in [-0.1, -0.05) is 13.8 Å². The van der Waals surface area contributed by atoms with E-state index < -0.39 is 41.5 Å². The lowest BCUT2D eigenvalue weighted by Crippen LogP contribution is -2.42. The smallest absolute Gasteiger partial charge is 0.389 e. The summed E-state index contributed by atoms with van der Waals surface area (Å²) in [5.74, 6) is -0.965. The predicted molar refractivity (Wildman–Crippen MR) is 90.2 cm³/mol. The summed E-state index contributed by atoms with van der Waals surface area (Å²) in [6.45, 7) is 3.10. The molecule has 2 atom stereocenters. The summed E-state index contributed by atoms with van der Waals surface area (Å²) in [6.07, 6.45) is -5.02. The van der Waals surface area contributed by atoms with Gasteiger partial charge in [0.1, 0.15) is 17.1 Å². The molecule has 2 aromatic rings. The third kappa shape index (κ3) is 3.88. The number of ether oxygens (including phenoxy) is 1. The Kier molecular flexibility index (Phi) is 5.20. The number of nitrogens with one attached hydrogen (secondary N) is 1. The van der Waals surface area contributed by atoms with Crippen molar-refractivity contribution in [3.63, 3.8) is 0 Å². The zero-order chi connectivity index (χ0) is 20.7. The van der Waals surface area contributed by atoms with E-state index in [1.165, 1.54) is 13.8 Å². The first-order chi connectivity index (χ1) is 13.0. The fraction of sp³-hybridized carbons (Fsp3) is 0.588. The highest BCUT2D eigenvalue weighted by molar-refractivity contribution is 5.59. The quantitative estimate of drug-likeness (QED) is 0.765. The normalized spacial score (nSPS) is 20.9. The second-order valence-electron chi connectivity index (χ2n) is 7.39. The van der Waals surface area contributed by atoms with Gasteiger partial charge >= 0.3 is 6.18 Å². The van der Waals surface area contributed by atoms with Gasteiger partial charge in [0.25, 0.3) is 0 Å². The van der Waals surface area contributed by atoms with Crippen LogP contribution in [0.2, 0.25) is 0 Å². The summed E-state index contributed by atoms with van der Waals surface area (Å²) >= 11 is 0. The zero-order valence-electron chi connectivity index (χ0n) is 15.2. The third-order valence-electron chi connectivity index (χ3n) is 4.66. The van der Waals surface area contributed by atoms with E-state index in [0.717, 1.165) is 10.7 Å². The lowest BCUT2D eigenvalue weighted by Gasteiger charge is -2.28. The van der Waals surface area contributed by atoms with Crippen molar-refractivity contribution < 1.29 is 27.4 Å². The molecule has 0 radical (unpaired) electrons. The van der Waals surface area contributed by atoms with E-state index in [0.29, 0.717) is 13.0 Å². The van der Waals surface area contributed by atoms with Crippen molar-refractivity contribution in [2.24, 2.45) is 0 Å². The highest BCUT2D eigenvalue weighted by Crippen LogP contribution is 2.39. The van der Waals surface area contributed by atoms with Crippen LogP contribution in [0.15, 0.2) is 6.20 Å². The Balaban J connectivity index is 2.08. The molecule has 1 aliphatic heterocycles. The van der Waals surface area contributed by atoms with Crippen LogP contribution in [0.5, 0.6) is 0 Å². The molecule has 1 fully saturated rings. The number of rotatable bonds is 4. The van der Waals surface area contributed by atoms with Crippen molar-refractivity contribution in [3.8, 4) is 6.07 Å². The average Bonchev–Trinajstić information content (AvgIpc) is 2.87. The van der Waals surface area contributed by atoms with Crippen molar-refractivity contribution in [1.29, 1.82) is 5.26 Å². The largest absolute Gasteiger partial charge is 0.390 e. The molecule has 7 nitrogen and oxygen atoms in total. The standard InChI is InChI=1S/C17H19F4N5O2/c1-16(2,8-17(19,20)21)14-9(5-22)13(18)11-6-23-15(25-26(11)14)24-10-3-4-28-7-12(10)27/h6,10,12,27H,3-4,7-8H2,1-2H3,(H,24,25)/t10-,12-/m1/s1. The maximum Gasteiger partial charge on any atom is 0.390 e. The van der Waals surface area contributed by atoms with Crippen molar-refractivity contribution in [2.75, 3.05) is 18.5 Å². The molecule has 152 valence electrons. The molecule has 0 spiro atoms. The number of hydrogen-bond acceptors (Lipinski definition) is 6. The van der Waals surface area contributed by atoms with Gasteiger partial charge in [0.15, 0.2) is 5.82 Å². The van der Waals surface area contributed by atoms with Crippen molar-refractivity contribution in [3.05, 3.63) is 23.3 Å². The Labute approximate surface area is 157 Å². The van der Waals surface area contributed by atoms with Gasteiger partial charge in [0.2, 0.25) is 5.95 Å². The van der Waals surface area contributed by atoms with E-state index in [4.69, 9.17) is 4.74 Å². The van der Waals surface area contributed by atoms with Gasteiger partial charge < -0.3 is 15.2 Å². The van der Waals surface area contributed by atoms with Crippen molar-refractivity contribution in [2.45, 2.75) is 50.4 Å². The molecule has 0 bridgehead atoms. The number of aliphatic hydroxyl groups is 1. The van der Waals surface area contributed by atoms with Crippen LogP contribution in [0, 0.1) is 17.1 Å². The van der Waals surface area contributed by atoms with Gasteiger partial charge in [-0.2, -0.15) is 18.4 Å². The monoisotopic (exact) mass is 401 g/mol. The van der Waals surface area contributed by atoms with E-state index >= 15 is 0 Å². The van der Waals surface area contributed by atoms with Crippen molar-refractivity contribution in [1.82, 2.24) is 14.6 Å². The Bertz CT molecular complexity index is 919. The molecule has 2 N–H and O–H groups in total. The molecule has 2 aromatic heterocycles. The van der Waals surface area contributed by atoms with Crippen LogP contribution in [0.1, 0.15) is 37.9 Å². The molecule has 0 unspecified atom stereocenters. The molecule has 1 saturated heterocycles. The zero-order valence-corrected chi connectivity index (χ0v) is 15.2. The summed E-state index contributed by atoms with van der Waals surface area (Å²) in [5.41, 5.74) is -2.48. The van der Waals surface area contributed by atoms with E-state index in [9.17, 15) is 27.9 Å². The molecule has 3 heterocycles. The maximum atomic E-state index is 14.6. The molecule has 0 saturated carbocycles. The predicted octanol–water partition coefficient (Wildman–Crippen LogP) is 2.53. The van der Waals surface area contributed by atoms with Crippen molar-refractivity contribution >= 4 is 11.5 Å². The minimum absolute atomic E-state index is 0.00185. The van der Waals surface area contributed by atoms with Crippen LogP contribution in [0.25, 0.3) is 5.52 Å². The first-order valence-corrected chi connectivity index (χ1v) is 8.60. The van der Waals surface area contributed by atoms with Crippen LogP contribution in [-0.4, -0.2) is 51.2 Å². The second-order valence-corrected chi connectivity index (χ2v) is 7.39. The molecule has 0 aliphatic carbocycles. The highest BCUT2D eigenvalue weighted by atomic mass is 19.4. The molecule has 11 heteroatoms. The lowest BCUT2D eigenvalue weighted by atomic mass is 9.83. The van der Waals surface area contributed by atoms with E-state index in [-0.39, 0.29) is 23.8 Å². The van der Waals surface area contributed by atoms with Crippen LogP contribution < -0.4 is 5.32 Å². The van der Waals surface area contributed by atoms with E-state index in [1.54, 1.807) is 6.07 Å². The second kappa shape index (κ2) is 7.18. The number of aromatic nitrogens is 3. The minimum atomic E-state index is -4.52. The van der Waals surface area contributed by atoms with Crippen LogP contribution in [0.4, 0.5) is 23.5 Å². The topological polar surface area (TPSA) is 95.5 Å². The van der Waals surface area contributed by atoms with Gasteiger partial charge in [-0.3, -0.25) is 0 Å². The number of halogens is 4. The molecular formula is C17H19F4N5O2. The highest BCUT2D eigenvalue weighted by Gasteiger charge is 2.42. The Morgan fingerprint density at radius 1 is 1.43 bits per heavy atom. The van der Waals surface area contributed by atoms with Crippen LogP contribution >= 0.6 is 0 Å². The Morgan fingerprint density at radius 2 is 2.14 bits per heavy atom. The van der Waals surface area contributed by atoms with Gasteiger partial charge in [-0.05, 0) is 6.42 Å². The number of nitriles is 1. The molecule has 0 amide bonds. The van der Waals surface area contributed by atoms with Gasteiger partial charge in [0.05, 0.1) is 37.1 Å². The molecule has 3 rings (SSSR count). The van der Waals surface area contributed by atoms with Gasteiger partial charge in [-0.25, -0.2) is 13.9 Å².